The molecule has 0 radical (unpaired) electrons. The molecule has 1 aromatic carbocycles. The van der Waals surface area contributed by atoms with Crippen LogP contribution in [0.15, 0.2) is 24.3 Å². The first-order valence-corrected chi connectivity index (χ1v) is 7.16. The number of hydrogen-bond acceptors (Lipinski definition) is 3. The third kappa shape index (κ3) is 6.08. The number of hydrogen-bond donors (Lipinski definition) is 0. The Hall–Kier alpha value is -1.06. The molecule has 0 bridgehead atoms. The molecule has 0 unspecified atom stereocenters. The van der Waals surface area contributed by atoms with Crippen LogP contribution in [0.2, 0.25) is 0 Å². The van der Waals surface area contributed by atoms with Gasteiger partial charge in [-0.05, 0) is 24.1 Å². The van der Waals surface area contributed by atoms with Crippen molar-refractivity contribution in [3.8, 4) is 0 Å². The predicted molar refractivity (Wildman–Crippen MR) is 78.5 cm³/mol. The fraction of sp³-hybridized carbons (Fsp3) is 0.533. The molecular formula is C15H22ClNO2. The Balaban J connectivity index is 2.48. The van der Waals surface area contributed by atoms with E-state index in [-0.39, 0.29) is 5.97 Å². The molecule has 1 aromatic rings. The monoisotopic (exact) mass is 283 g/mol. The summed E-state index contributed by atoms with van der Waals surface area (Å²) < 4.78 is 4.63. The first-order valence-electron chi connectivity index (χ1n) is 6.62. The third-order valence-corrected chi connectivity index (χ3v) is 3.29. The lowest BCUT2D eigenvalue weighted by Crippen LogP contribution is -2.24. The maximum Gasteiger partial charge on any atom is 0.305 e. The Labute approximate surface area is 120 Å². The van der Waals surface area contributed by atoms with Crippen LogP contribution in [-0.2, 0) is 22.5 Å². The van der Waals surface area contributed by atoms with Crippen molar-refractivity contribution in [2.75, 3.05) is 26.1 Å². The van der Waals surface area contributed by atoms with Crippen LogP contribution in [0.25, 0.3) is 0 Å². The van der Waals surface area contributed by atoms with Crippen LogP contribution in [0.5, 0.6) is 0 Å². The maximum absolute atomic E-state index is 11.1. The molecule has 19 heavy (non-hydrogen) atoms. The molecule has 3 nitrogen and oxygen atoms in total. The van der Waals surface area contributed by atoms with Gasteiger partial charge in [0.2, 0.25) is 0 Å². The Morgan fingerprint density at radius 2 is 1.89 bits per heavy atom. The summed E-state index contributed by atoms with van der Waals surface area (Å²) in [4.78, 5) is 13.4. The highest BCUT2D eigenvalue weighted by molar-refractivity contribution is 6.18. The number of aryl methyl sites for hydroxylation is 1. The normalized spacial score (nSPS) is 10.7. The van der Waals surface area contributed by atoms with E-state index in [1.54, 1.807) is 0 Å². The van der Waals surface area contributed by atoms with Crippen LogP contribution in [0.1, 0.15) is 24.5 Å². The Kier molecular flexibility index (Phi) is 7.53. The van der Waals surface area contributed by atoms with Gasteiger partial charge in [-0.1, -0.05) is 31.2 Å². The van der Waals surface area contributed by atoms with Crippen molar-refractivity contribution in [3.05, 3.63) is 35.4 Å². The van der Waals surface area contributed by atoms with Crippen molar-refractivity contribution in [3.63, 3.8) is 0 Å². The number of alkyl halides is 1. The minimum absolute atomic E-state index is 0.164. The third-order valence-electron chi connectivity index (χ3n) is 3.12. The average molecular weight is 284 g/mol. The van der Waals surface area contributed by atoms with Gasteiger partial charge in [0.25, 0.3) is 0 Å². The summed E-state index contributed by atoms with van der Waals surface area (Å²) in [6.07, 6.45) is 1.16. The van der Waals surface area contributed by atoms with E-state index in [1.165, 1.54) is 12.7 Å². The van der Waals surface area contributed by atoms with Crippen LogP contribution in [0, 0.1) is 0 Å². The molecule has 0 aliphatic heterocycles. The molecule has 0 saturated heterocycles. The molecule has 0 aromatic heterocycles. The molecule has 0 amide bonds. The maximum atomic E-state index is 11.1. The van der Waals surface area contributed by atoms with Crippen molar-refractivity contribution in [1.82, 2.24) is 4.90 Å². The Bertz CT molecular complexity index is 378. The van der Waals surface area contributed by atoms with E-state index in [2.05, 4.69) is 40.8 Å². The molecule has 0 aliphatic carbocycles. The fourth-order valence-corrected chi connectivity index (χ4v) is 2.13. The van der Waals surface area contributed by atoms with Crippen LogP contribution in [0.3, 0.4) is 0 Å². The number of halogens is 1. The summed E-state index contributed by atoms with van der Waals surface area (Å²) in [6, 6.07) is 8.38. The molecule has 0 fully saturated rings. The molecule has 0 spiro atoms. The molecule has 0 heterocycles. The highest BCUT2D eigenvalue weighted by Crippen LogP contribution is 2.09. The van der Waals surface area contributed by atoms with Gasteiger partial charge in [0.05, 0.1) is 7.11 Å². The summed E-state index contributed by atoms with van der Waals surface area (Å²) in [6.45, 7) is 4.96. The molecule has 0 aliphatic rings. The number of methoxy groups -OCH3 is 1. The highest BCUT2D eigenvalue weighted by atomic mass is 35.5. The minimum Gasteiger partial charge on any atom is -0.469 e. The highest BCUT2D eigenvalue weighted by Gasteiger charge is 2.04. The van der Waals surface area contributed by atoms with Gasteiger partial charge < -0.3 is 4.74 Å². The first kappa shape index (κ1) is 16.0. The second kappa shape index (κ2) is 8.94. The minimum atomic E-state index is -0.164. The average Bonchev–Trinajstić information content (AvgIpc) is 2.45. The summed E-state index contributed by atoms with van der Waals surface area (Å²) >= 11 is 5.77. The summed E-state index contributed by atoms with van der Waals surface area (Å²) in [5.41, 5.74) is 2.43. The van der Waals surface area contributed by atoms with Crippen LogP contribution < -0.4 is 0 Å². The lowest BCUT2D eigenvalue weighted by Gasteiger charge is -2.19. The van der Waals surface area contributed by atoms with E-state index in [0.717, 1.165) is 31.6 Å². The Morgan fingerprint density at radius 1 is 1.26 bits per heavy atom. The SMILES string of the molecule is CCN(CCCl)Cc1ccc(CCC(=O)OC)cc1. The number of nitrogens with zero attached hydrogens (tertiary/aromatic N) is 1. The van der Waals surface area contributed by atoms with Crippen molar-refractivity contribution in [2.45, 2.75) is 26.3 Å². The van der Waals surface area contributed by atoms with Crippen molar-refractivity contribution >= 4 is 17.6 Å². The zero-order valence-corrected chi connectivity index (χ0v) is 12.4. The van der Waals surface area contributed by atoms with Crippen LogP contribution in [-0.4, -0.2) is 36.9 Å². The van der Waals surface area contributed by atoms with Crippen molar-refractivity contribution in [1.29, 1.82) is 0 Å². The number of benzene rings is 1. The zero-order chi connectivity index (χ0) is 14.1. The lowest BCUT2D eigenvalue weighted by molar-refractivity contribution is -0.140. The predicted octanol–water partition coefficient (Wildman–Crippen LogP) is 2.85. The van der Waals surface area contributed by atoms with E-state index in [0.29, 0.717) is 12.3 Å². The van der Waals surface area contributed by atoms with Crippen LogP contribution >= 0.6 is 11.6 Å². The second-order valence-corrected chi connectivity index (χ2v) is 4.83. The van der Waals surface area contributed by atoms with E-state index < -0.39 is 0 Å². The standard InChI is InChI=1S/C15H22ClNO2/c1-3-17(11-10-16)12-14-6-4-13(5-7-14)8-9-15(18)19-2/h4-7H,3,8-12H2,1-2H3. The van der Waals surface area contributed by atoms with Gasteiger partial charge in [-0.2, -0.15) is 0 Å². The largest absolute Gasteiger partial charge is 0.469 e. The molecule has 0 saturated carbocycles. The van der Waals surface area contributed by atoms with Gasteiger partial charge in [-0.15, -0.1) is 11.6 Å². The molecular weight excluding hydrogens is 262 g/mol. The van der Waals surface area contributed by atoms with Gasteiger partial charge in [0.15, 0.2) is 0 Å². The molecule has 0 N–H and O–H groups in total. The Morgan fingerprint density at radius 3 is 2.42 bits per heavy atom. The van der Waals surface area contributed by atoms with Gasteiger partial charge in [0, 0.05) is 25.4 Å². The molecule has 4 heteroatoms. The van der Waals surface area contributed by atoms with Gasteiger partial charge >= 0.3 is 5.97 Å². The lowest BCUT2D eigenvalue weighted by atomic mass is 10.1. The van der Waals surface area contributed by atoms with E-state index in [1.807, 2.05) is 0 Å². The number of ether oxygens (including phenoxy) is 1. The summed E-state index contributed by atoms with van der Waals surface area (Å²) in [5, 5.41) is 0. The molecule has 106 valence electrons. The molecule has 0 atom stereocenters. The zero-order valence-electron chi connectivity index (χ0n) is 11.7. The van der Waals surface area contributed by atoms with Gasteiger partial charge in [0.1, 0.15) is 0 Å². The van der Waals surface area contributed by atoms with Crippen LogP contribution in [0.4, 0.5) is 0 Å². The van der Waals surface area contributed by atoms with E-state index in [4.69, 9.17) is 11.6 Å². The van der Waals surface area contributed by atoms with Gasteiger partial charge in [-0.25, -0.2) is 0 Å². The topological polar surface area (TPSA) is 29.5 Å². The smallest absolute Gasteiger partial charge is 0.305 e. The summed E-state index contributed by atoms with van der Waals surface area (Å²) in [7, 11) is 1.42. The molecule has 1 rings (SSSR count). The van der Waals surface area contributed by atoms with Gasteiger partial charge in [-0.3, -0.25) is 9.69 Å². The van der Waals surface area contributed by atoms with E-state index in [9.17, 15) is 4.79 Å². The first-order chi connectivity index (χ1) is 9.19. The van der Waals surface area contributed by atoms with Crippen molar-refractivity contribution < 1.29 is 9.53 Å². The second-order valence-electron chi connectivity index (χ2n) is 4.45. The van der Waals surface area contributed by atoms with Crippen molar-refractivity contribution in [2.24, 2.45) is 0 Å². The quantitative estimate of drug-likeness (QED) is 0.543. The summed E-state index contributed by atoms with van der Waals surface area (Å²) in [5.74, 6) is 0.494. The van der Waals surface area contributed by atoms with E-state index >= 15 is 0 Å². The number of rotatable bonds is 8. The number of carbonyl (C=O) groups excluding carboxylic acids is 1. The number of esters is 1. The fourth-order valence-electron chi connectivity index (χ4n) is 1.89. The number of carbonyl (C=O) groups is 1.